The number of nitrogens with zero attached hydrogens (tertiary/aromatic N) is 1. The maximum absolute atomic E-state index is 13.1. The average molecular weight is 839 g/mol. The van der Waals surface area contributed by atoms with E-state index in [1.165, 1.54) is 116 Å². The second kappa shape index (κ2) is 41.9. The van der Waals surface area contributed by atoms with E-state index in [1.807, 2.05) is 20.8 Å². The molecule has 0 heterocycles. The minimum atomic E-state index is -0.639. The van der Waals surface area contributed by atoms with Crippen molar-refractivity contribution in [3.8, 4) is 0 Å². The molecule has 0 aliphatic rings. The van der Waals surface area contributed by atoms with Crippen molar-refractivity contribution in [3.63, 3.8) is 0 Å². The number of carbonyl (C=O) groups excluding carboxylic acids is 2. The van der Waals surface area contributed by atoms with Gasteiger partial charge in [0.1, 0.15) is 5.60 Å². The van der Waals surface area contributed by atoms with Crippen molar-refractivity contribution in [2.24, 2.45) is 11.8 Å². The highest BCUT2D eigenvalue weighted by molar-refractivity contribution is 5.72. The number of carbonyl (C=O) groups is 2. The van der Waals surface area contributed by atoms with Gasteiger partial charge in [-0.1, -0.05) is 182 Å². The van der Waals surface area contributed by atoms with Crippen molar-refractivity contribution in [2.75, 3.05) is 39.4 Å². The lowest BCUT2D eigenvalue weighted by Gasteiger charge is -2.24. The number of hydrogen-bond donors (Lipinski definition) is 2. The van der Waals surface area contributed by atoms with E-state index in [0.29, 0.717) is 19.8 Å². The Morgan fingerprint density at radius 3 is 1.42 bits per heavy atom. The molecule has 0 aromatic carbocycles. The number of amides is 1. The molecule has 8 heteroatoms. The summed E-state index contributed by atoms with van der Waals surface area (Å²) in [4.78, 5) is 27.8. The van der Waals surface area contributed by atoms with Gasteiger partial charge in [-0.25, -0.2) is 4.79 Å². The zero-order chi connectivity index (χ0) is 43.7. The Morgan fingerprint density at radius 1 is 0.525 bits per heavy atom. The molecule has 3 atom stereocenters. The Morgan fingerprint density at radius 2 is 0.932 bits per heavy atom. The second-order valence-corrected chi connectivity index (χ2v) is 18.8. The van der Waals surface area contributed by atoms with Crippen molar-refractivity contribution >= 4 is 12.1 Å². The van der Waals surface area contributed by atoms with Gasteiger partial charge in [-0.15, -0.1) is 0 Å². The van der Waals surface area contributed by atoms with Gasteiger partial charge in [-0.3, -0.25) is 4.79 Å². The summed E-state index contributed by atoms with van der Waals surface area (Å²) >= 11 is 0. The van der Waals surface area contributed by atoms with Gasteiger partial charge in [0.2, 0.25) is 0 Å². The van der Waals surface area contributed by atoms with Gasteiger partial charge in [-0.05, 0) is 85.2 Å². The number of aliphatic hydroxyl groups excluding tert-OH is 1. The summed E-state index contributed by atoms with van der Waals surface area (Å²) in [6, 6.07) is 0. The van der Waals surface area contributed by atoms with Crippen molar-refractivity contribution < 1.29 is 28.9 Å². The Kier molecular flexibility index (Phi) is 41.0. The highest BCUT2D eigenvalue weighted by atomic mass is 16.6. The summed E-state index contributed by atoms with van der Waals surface area (Å²) in [7, 11) is 0. The minimum Gasteiger partial charge on any atom is -0.465 e. The monoisotopic (exact) mass is 839 g/mol. The molecule has 0 spiro atoms. The van der Waals surface area contributed by atoms with Crippen LogP contribution in [0.3, 0.4) is 0 Å². The lowest BCUT2D eigenvalue weighted by Crippen LogP contribution is -2.38. The fraction of sp³-hybridized carbons (Fsp3) is 0.961. The molecule has 0 aliphatic carbocycles. The molecule has 3 unspecified atom stereocenters. The van der Waals surface area contributed by atoms with E-state index < -0.39 is 11.9 Å². The molecule has 0 fully saturated rings. The van der Waals surface area contributed by atoms with Gasteiger partial charge in [0.15, 0.2) is 6.29 Å². The molecule has 352 valence electrons. The summed E-state index contributed by atoms with van der Waals surface area (Å²) in [6.07, 6.45) is 36.5. The summed E-state index contributed by atoms with van der Waals surface area (Å²) in [5, 5.41) is 13.9. The number of ether oxygens (including phenoxy) is 3. The largest absolute Gasteiger partial charge is 0.465 e. The molecule has 59 heavy (non-hydrogen) atoms. The first-order valence-corrected chi connectivity index (χ1v) is 25.7. The molecule has 0 aromatic heterocycles. The van der Waals surface area contributed by atoms with Crippen LogP contribution in [0.1, 0.15) is 254 Å². The quantitative estimate of drug-likeness (QED) is 0.0358. The van der Waals surface area contributed by atoms with Gasteiger partial charge in [0.05, 0.1) is 12.5 Å². The van der Waals surface area contributed by atoms with Gasteiger partial charge < -0.3 is 29.5 Å². The number of nitrogens with one attached hydrogen (secondary N) is 1. The van der Waals surface area contributed by atoms with Crippen LogP contribution in [0.2, 0.25) is 0 Å². The predicted octanol–water partition coefficient (Wildman–Crippen LogP) is 14.5. The summed E-state index contributed by atoms with van der Waals surface area (Å²) in [5.74, 6) is 0.359. The third-order valence-electron chi connectivity index (χ3n) is 11.8. The van der Waals surface area contributed by atoms with E-state index in [4.69, 9.17) is 14.2 Å². The number of alkyl carbamates (subject to hydrolysis) is 1. The first-order chi connectivity index (χ1) is 28.6. The normalized spacial score (nSPS) is 13.4. The Labute approximate surface area is 367 Å². The average Bonchev–Trinajstić information content (AvgIpc) is 3.20. The Balaban J connectivity index is 4.69. The van der Waals surface area contributed by atoms with Crippen LogP contribution in [0, 0.1) is 11.8 Å². The van der Waals surface area contributed by atoms with E-state index in [2.05, 4.69) is 37.9 Å². The molecule has 2 N–H and O–H groups in total. The fourth-order valence-corrected chi connectivity index (χ4v) is 8.00. The van der Waals surface area contributed by atoms with Crippen molar-refractivity contribution in [1.82, 2.24) is 10.2 Å². The number of esters is 1. The Hall–Kier alpha value is -1.38. The smallest absolute Gasteiger partial charge is 0.407 e. The molecule has 0 radical (unpaired) electrons. The number of hydrogen-bond acceptors (Lipinski definition) is 7. The van der Waals surface area contributed by atoms with Gasteiger partial charge in [-0.2, -0.15) is 0 Å². The zero-order valence-electron chi connectivity index (χ0n) is 40.5. The standard InChI is InChI=1S/C51H102N2O6/c1-8-12-16-20-22-30-38-46(36-28-18-14-10-3)48(54)57-44-34-26-24-32-41-53(43-40-52-50(56)59-51(5,6)7)42-33-25-27-35-45-58-49(55)47(37-29-19-15-11-4)39-31-23-21-17-13-9-2/h46-48,54H,8-45H2,1-7H3,(H,52,56). The third-order valence-corrected chi connectivity index (χ3v) is 11.8. The molecule has 0 aromatic rings. The SMILES string of the molecule is CCCCCCCCC(CCCCCC)C(=O)OCCCCCCN(CCCCCCOC(O)C(CCCCCC)CCCCCCCC)CCNC(=O)OC(C)(C)C. The lowest BCUT2D eigenvalue weighted by molar-refractivity contribution is -0.149. The first kappa shape index (κ1) is 57.6. The molecule has 0 saturated carbocycles. The van der Waals surface area contributed by atoms with E-state index in [9.17, 15) is 14.7 Å². The van der Waals surface area contributed by atoms with Gasteiger partial charge >= 0.3 is 12.1 Å². The van der Waals surface area contributed by atoms with E-state index in [0.717, 1.165) is 110 Å². The van der Waals surface area contributed by atoms with Crippen LogP contribution in [0.4, 0.5) is 4.79 Å². The summed E-state index contributed by atoms with van der Waals surface area (Å²) in [6.45, 7) is 19.2. The molecule has 8 nitrogen and oxygen atoms in total. The number of rotatable bonds is 44. The molecular formula is C51H102N2O6. The van der Waals surface area contributed by atoms with Crippen LogP contribution >= 0.6 is 0 Å². The van der Waals surface area contributed by atoms with Crippen LogP contribution in [0.25, 0.3) is 0 Å². The van der Waals surface area contributed by atoms with E-state index >= 15 is 0 Å². The minimum absolute atomic E-state index is 0.0342. The van der Waals surface area contributed by atoms with Crippen LogP contribution in [0.5, 0.6) is 0 Å². The van der Waals surface area contributed by atoms with Crippen molar-refractivity contribution in [3.05, 3.63) is 0 Å². The fourth-order valence-electron chi connectivity index (χ4n) is 8.00. The van der Waals surface area contributed by atoms with Crippen LogP contribution in [-0.4, -0.2) is 73.4 Å². The molecule has 0 bridgehead atoms. The summed E-state index contributed by atoms with van der Waals surface area (Å²) < 4.78 is 17.3. The topological polar surface area (TPSA) is 97.3 Å². The van der Waals surface area contributed by atoms with Crippen LogP contribution in [-0.2, 0) is 19.0 Å². The Bertz CT molecular complexity index is 911. The molecule has 0 saturated heterocycles. The van der Waals surface area contributed by atoms with Gasteiger partial charge in [0.25, 0.3) is 0 Å². The number of aliphatic hydroxyl groups is 1. The highest BCUT2D eigenvalue weighted by Gasteiger charge is 2.21. The summed E-state index contributed by atoms with van der Waals surface area (Å²) in [5.41, 5.74) is -0.509. The van der Waals surface area contributed by atoms with E-state index in [-0.39, 0.29) is 23.9 Å². The molecule has 0 aliphatic heterocycles. The first-order valence-electron chi connectivity index (χ1n) is 25.7. The maximum Gasteiger partial charge on any atom is 0.407 e. The number of unbranched alkanes of at least 4 members (excludes halogenated alkanes) is 22. The van der Waals surface area contributed by atoms with Crippen LogP contribution < -0.4 is 5.32 Å². The lowest BCUT2D eigenvalue weighted by atomic mass is 9.93. The molecule has 0 rings (SSSR count). The van der Waals surface area contributed by atoms with E-state index in [1.54, 1.807) is 0 Å². The zero-order valence-corrected chi connectivity index (χ0v) is 40.5. The third kappa shape index (κ3) is 39.2. The maximum atomic E-state index is 13.1. The highest BCUT2D eigenvalue weighted by Crippen LogP contribution is 2.24. The molecule has 1 amide bonds. The van der Waals surface area contributed by atoms with Crippen molar-refractivity contribution in [1.29, 1.82) is 0 Å². The predicted molar refractivity (Wildman–Crippen MR) is 251 cm³/mol. The van der Waals surface area contributed by atoms with Crippen LogP contribution in [0.15, 0.2) is 0 Å². The van der Waals surface area contributed by atoms with Gasteiger partial charge in [0, 0.05) is 25.6 Å². The second-order valence-electron chi connectivity index (χ2n) is 18.8. The van der Waals surface area contributed by atoms with Crippen molar-refractivity contribution in [2.45, 2.75) is 266 Å². The molecular weight excluding hydrogens is 737 g/mol.